The van der Waals surface area contributed by atoms with Crippen molar-refractivity contribution in [2.24, 2.45) is 0 Å². The van der Waals surface area contributed by atoms with Crippen LogP contribution in [0.5, 0.6) is 0 Å². The minimum Gasteiger partial charge on any atom is -0.394 e. The fourth-order valence-corrected chi connectivity index (χ4v) is 2.34. The number of aliphatic hydroxyl groups excluding tert-OH is 1. The molecule has 1 saturated carbocycles. The van der Waals surface area contributed by atoms with Crippen LogP contribution in [0.3, 0.4) is 0 Å². The summed E-state index contributed by atoms with van der Waals surface area (Å²) in [6, 6.07) is 0.408. The Labute approximate surface area is 102 Å². The first-order valence-electron chi connectivity index (χ1n) is 6.29. The van der Waals surface area contributed by atoms with Crippen molar-refractivity contribution in [1.82, 2.24) is 10.2 Å². The Morgan fingerprint density at radius 1 is 1.53 bits per heavy atom. The van der Waals surface area contributed by atoms with E-state index in [-0.39, 0.29) is 24.2 Å². The molecule has 98 valence electrons. The molecule has 5 nitrogen and oxygen atoms in total. The van der Waals surface area contributed by atoms with Crippen molar-refractivity contribution >= 4 is 5.91 Å². The van der Waals surface area contributed by atoms with E-state index in [4.69, 9.17) is 4.74 Å². The molecule has 1 aliphatic carbocycles. The van der Waals surface area contributed by atoms with Crippen LogP contribution in [0.25, 0.3) is 0 Å². The van der Waals surface area contributed by atoms with Crippen molar-refractivity contribution in [3.63, 3.8) is 0 Å². The van der Waals surface area contributed by atoms with Gasteiger partial charge in [-0.15, -0.1) is 0 Å². The molecule has 1 amide bonds. The van der Waals surface area contributed by atoms with Crippen LogP contribution in [0.1, 0.15) is 26.7 Å². The molecule has 17 heavy (non-hydrogen) atoms. The lowest BCUT2D eigenvalue weighted by Gasteiger charge is -2.42. The third-order valence-corrected chi connectivity index (χ3v) is 3.07. The van der Waals surface area contributed by atoms with Crippen LogP contribution in [-0.2, 0) is 9.53 Å². The molecule has 1 atom stereocenters. The van der Waals surface area contributed by atoms with Gasteiger partial charge in [0.2, 0.25) is 5.91 Å². The molecule has 2 N–H and O–H groups in total. The Hall–Kier alpha value is -0.650. The van der Waals surface area contributed by atoms with E-state index >= 15 is 0 Å². The maximum absolute atomic E-state index is 11.7. The number of aliphatic hydroxyl groups is 1. The van der Waals surface area contributed by atoms with Crippen LogP contribution in [0, 0.1) is 0 Å². The monoisotopic (exact) mass is 242 g/mol. The maximum Gasteiger partial charge on any atom is 0.234 e. The van der Waals surface area contributed by atoms with Gasteiger partial charge in [-0.25, -0.2) is 0 Å². The molecule has 0 spiro atoms. The van der Waals surface area contributed by atoms with Crippen molar-refractivity contribution in [2.75, 3.05) is 26.2 Å². The van der Waals surface area contributed by atoms with Gasteiger partial charge in [0.1, 0.15) is 0 Å². The van der Waals surface area contributed by atoms with E-state index in [0.717, 1.165) is 19.4 Å². The molecule has 2 fully saturated rings. The van der Waals surface area contributed by atoms with Crippen molar-refractivity contribution < 1.29 is 14.6 Å². The number of amides is 1. The number of morpholine rings is 1. The van der Waals surface area contributed by atoms with Gasteiger partial charge in [0, 0.05) is 19.1 Å². The molecule has 1 aliphatic heterocycles. The summed E-state index contributed by atoms with van der Waals surface area (Å²) in [5.41, 5.74) is -0.300. The molecule has 5 heteroatoms. The Balaban J connectivity index is 1.83. The predicted octanol–water partition coefficient (Wildman–Crippen LogP) is -0.263. The third kappa shape index (κ3) is 3.94. The first-order chi connectivity index (χ1) is 7.98. The zero-order chi connectivity index (χ0) is 12.5. The summed E-state index contributed by atoms with van der Waals surface area (Å²) in [7, 11) is 0. The van der Waals surface area contributed by atoms with Gasteiger partial charge in [-0.1, -0.05) is 0 Å². The van der Waals surface area contributed by atoms with Gasteiger partial charge in [0.15, 0.2) is 0 Å². The standard InChI is InChI=1S/C12H22N2O3/c1-12(2)8-14(5-10(7-15)17-12)6-11(16)13-9-3-4-9/h9-10,15H,3-8H2,1-2H3,(H,13,16). The largest absolute Gasteiger partial charge is 0.394 e. The zero-order valence-corrected chi connectivity index (χ0v) is 10.6. The van der Waals surface area contributed by atoms with Gasteiger partial charge in [0.05, 0.1) is 24.9 Å². The molecule has 0 bridgehead atoms. The normalized spacial score (nSPS) is 29.0. The van der Waals surface area contributed by atoms with E-state index in [1.54, 1.807) is 0 Å². The zero-order valence-electron chi connectivity index (χ0n) is 10.6. The molecule has 1 saturated heterocycles. The lowest BCUT2D eigenvalue weighted by atomic mass is 10.1. The van der Waals surface area contributed by atoms with Gasteiger partial charge >= 0.3 is 0 Å². The summed E-state index contributed by atoms with van der Waals surface area (Å²) in [6.45, 7) is 5.73. The minimum atomic E-state index is -0.300. The minimum absolute atomic E-state index is 0.00414. The van der Waals surface area contributed by atoms with Gasteiger partial charge in [0.25, 0.3) is 0 Å². The number of carbonyl (C=O) groups excluding carboxylic acids is 1. The second kappa shape index (κ2) is 4.92. The number of rotatable bonds is 4. The van der Waals surface area contributed by atoms with E-state index in [0.29, 0.717) is 19.1 Å². The smallest absolute Gasteiger partial charge is 0.234 e. The Morgan fingerprint density at radius 3 is 2.82 bits per heavy atom. The SMILES string of the molecule is CC1(C)CN(CC(=O)NC2CC2)CC(CO)O1. The molecule has 2 aliphatic rings. The topological polar surface area (TPSA) is 61.8 Å². The Morgan fingerprint density at radius 2 is 2.24 bits per heavy atom. The third-order valence-electron chi connectivity index (χ3n) is 3.07. The van der Waals surface area contributed by atoms with E-state index < -0.39 is 0 Å². The van der Waals surface area contributed by atoms with Crippen molar-refractivity contribution in [1.29, 1.82) is 0 Å². The number of carbonyl (C=O) groups is 1. The van der Waals surface area contributed by atoms with Crippen LogP contribution in [0.15, 0.2) is 0 Å². The molecule has 0 aromatic carbocycles. The number of ether oxygens (including phenoxy) is 1. The summed E-state index contributed by atoms with van der Waals surface area (Å²) in [5.74, 6) is 0.0851. The summed E-state index contributed by atoms with van der Waals surface area (Å²) in [6.07, 6.45) is 2.03. The van der Waals surface area contributed by atoms with E-state index in [1.807, 2.05) is 13.8 Å². The molecule has 2 rings (SSSR count). The highest BCUT2D eigenvalue weighted by Gasteiger charge is 2.34. The van der Waals surface area contributed by atoms with Crippen LogP contribution in [-0.4, -0.2) is 59.9 Å². The quantitative estimate of drug-likeness (QED) is 0.713. The van der Waals surface area contributed by atoms with E-state index in [2.05, 4.69) is 10.2 Å². The lowest BCUT2D eigenvalue weighted by Crippen LogP contribution is -2.55. The van der Waals surface area contributed by atoms with Gasteiger partial charge in [-0.3, -0.25) is 9.69 Å². The molecule has 0 aromatic rings. The van der Waals surface area contributed by atoms with Crippen molar-refractivity contribution in [2.45, 2.75) is 44.4 Å². The Kier molecular flexibility index (Phi) is 3.70. The molecule has 0 aromatic heterocycles. The summed E-state index contributed by atoms with van der Waals surface area (Å²) in [5, 5.41) is 12.2. The second-order valence-electron chi connectivity index (χ2n) is 5.69. The molecule has 1 heterocycles. The maximum atomic E-state index is 11.7. The molecular formula is C12H22N2O3. The van der Waals surface area contributed by atoms with E-state index in [9.17, 15) is 9.90 Å². The second-order valence-corrected chi connectivity index (χ2v) is 5.69. The fraction of sp³-hybridized carbons (Fsp3) is 0.917. The average Bonchev–Trinajstić information content (AvgIpc) is 2.98. The summed E-state index contributed by atoms with van der Waals surface area (Å²) in [4.78, 5) is 13.8. The predicted molar refractivity (Wildman–Crippen MR) is 63.6 cm³/mol. The first-order valence-corrected chi connectivity index (χ1v) is 6.29. The van der Waals surface area contributed by atoms with Gasteiger partial charge < -0.3 is 15.2 Å². The first kappa shape index (κ1) is 12.8. The average molecular weight is 242 g/mol. The van der Waals surface area contributed by atoms with Gasteiger partial charge in [-0.2, -0.15) is 0 Å². The summed E-state index contributed by atoms with van der Waals surface area (Å²) < 4.78 is 5.70. The number of hydrogen-bond acceptors (Lipinski definition) is 4. The number of nitrogens with one attached hydrogen (secondary N) is 1. The molecule has 0 radical (unpaired) electrons. The lowest BCUT2D eigenvalue weighted by molar-refractivity contribution is -0.153. The van der Waals surface area contributed by atoms with Gasteiger partial charge in [-0.05, 0) is 26.7 Å². The number of nitrogens with zero attached hydrogens (tertiary/aromatic N) is 1. The highest BCUT2D eigenvalue weighted by atomic mass is 16.5. The van der Waals surface area contributed by atoms with Crippen molar-refractivity contribution in [3.8, 4) is 0 Å². The summed E-state index contributed by atoms with van der Waals surface area (Å²) >= 11 is 0. The fourth-order valence-electron chi connectivity index (χ4n) is 2.34. The highest BCUT2D eigenvalue weighted by molar-refractivity contribution is 5.78. The molecular weight excluding hydrogens is 220 g/mol. The van der Waals surface area contributed by atoms with Crippen LogP contribution in [0.4, 0.5) is 0 Å². The van der Waals surface area contributed by atoms with Crippen LogP contribution >= 0.6 is 0 Å². The van der Waals surface area contributed by atoms with E-state index in [1.165, 1.54) is 0 Å². The Bertz CT molecular complexity index is 289. The highest BCUT2D eigenvalue weighted by Crippen LogP contribution is 2.21. The number of hydrogen-bond donors (Lipinski definition) is 2. The van der Waals surface area contributed by atoms with Crippen LogP contribution < -0.4 is 5.32 Å². The van der Waals surface area contributed by atoms with Crippen LogP contribution in [0.2, 0.25) is 0 Å². The molecule has 1 unspecified atom stereocenters. The van der Waals surface area contributed by atoms with Crippen molar-refractivity contribution in [3.05, 3.63) is 0 Å².